The van der Waals surface area contributed by atoms with Gasteiger partial charge in [-0.25, -0.2) is 0 Å². The van der Waals surface area contributed by atoms with Crippen LogP contribution in [0.5, 0.6) is 0 Å². The zero-order chi connectivity index (χ0) is 13.6. The molecule has 0 saturated carbocycles. The molecule has 1 saturated heterocycles. The molecule has 0 spiro atoms. The molecule has 1 aromatic heterocycles. The van der Waals surface area contributed by atoms with Gasteiger partial charge in [-0.1, -0.05) is 6.58 Å². The van der Waals surface area contributed by atoms with Gasteiger partial charge in [-0.3, -0.25) is 9.97 Å². The predicted octanol–water partition coefficient (Wildman–Crippen LogP) is 2.43. The van der Waals surface area contributed by atoms with Gasteiger partial charge in [0.1, 0.15) is 0 Å². The lowest BCUT2D eigenvalue weighted by atomic mass is 9.77. The number of hydrogen-bond acceptors (Lipinski definition) is 4. The van der Waals surface area contributed by atoms with Gasteiger partial charge in [-0.15, -0.1) is 0 Å². The van der Waals surface area contributed by atoms with E-state index in [0.717, 1.165) is 16.9 Å². The molecule has 2 heterocycles. The summed E-state index contributed by atoms with van der Waals surface area (Å²) in [5.41, 5.74) is 1.57. The Balaban J connectivity index is 2.26. The fourth-order valence-electron chi connectivity index (χ4n) is 1.82. The van der Waals surface area contributed by atoms with E-state index >= 15 is 0 Å². The Morgan fingerprint density at radius 1 is 1.11 bits per heavy atom. The highest BCUT2D eigenvalue weighted by Crippen LogP contribution is 2.39. The third-order valence-electron chi connectivity index (χ3n) is 3.72. The van der Waals surface area contributed by atoms with Crippen LogP contribution in [-0.4, -0.2) is 28.3 Å². The van der Waals surface area contributed by atoms with Crippen molar-refractivity contribution in [3.63, 3.8) is 0 Å². The Morgan fingerprint density at radius 2 is 1.61 bits per heavy atom. The summed E-state index contributed by atoms with van der Waals surface area (Å²) in [5, 5.41) is 0. The summed E-state index contributed by atoms with van der Waals surface area (Å²) in [7, 11) is -0.467. The van der Waals surface area contributed by atoms with Gasteiger partial charge in [0.25, 0.3) is 0 Å². The number of rotatable bonds is 2. The average molecular weight is 246 g/mol. The Hall–Kier alpha value is -1.20. The van der Waals surface area contributed by atoms with Crippen LogP contribution in [0.25, 0.3) is 5.47 Å². The molecule has 0 unspecified atom stereocenters. The van der Waals surface area contributed by atoms with Crippen molar-refractivity contribution in [2.24, 2.45) is 0 Å². The topological polar surface area (TPSA) is 44.2 Å². The fourth-order valence-corrected chi connectivity index (χ4v) is 1.82. The normalized spacial score (nSPS) is 21.1. The van der Waals surface area contributed by atoms with Gasteiger partial charge in [-0.2, -0.15) is 0 Å². The van der Waals surface area contributed by atoms with Crippen molar-refractivity contribution in [1.82, 2.24) is 9.97 Å². The number of hydrogen-bond donors (Lipinski definition) is 0. The Morgan fingerprint density at radius 3 is 2.11 bits per heavy atom. The summed E-state index contributed by atoms with van der Waals surface area (Å²) < 4.78 is 11.9. The summed E-state index contributed by atoms with van der Waals surface area (Å²) >= 11 is 0. The molecule has 5 heteroatoms. The molecule has 0 amide bonds. The smallest absolute Gasteiger partial charge is 0.399 e. The van der Waals surface area contributed by atoms with Crippen LogP contribution in [0.3, 0.4) is 0 Å². The SMILES string of the molecule is C=C(B1OC(C)(C)C(C)(C)O1)c1nccnc1C. The van der Waals surface area contributed by atoms with Crippen molar-refractivity contribution < 1.29 is 9.31 Å². The molecule has 0 N–H and O–H groups in total. The summed E-state index contributed by atoms with van der Waals surface area (Å²) in [6.45, 7) is 14.0. The van der Waals surface area contributed by atoms with Crippen LogP contribution in [0.1, 0.15) is 39.1 Å². The molecule has 18 heavy (non-hydrogen) atoms. The predicted molar refractivity (Wildman–Crippen MR) is 71.9 cm³/mol. The maximum atomic E-state index is 5.95. The summed E-state index contributed by atoms with van der Waals surface area (Å²) in [5.74, 6) is 0. The van der Waals surface area contributed by atoms with Gasteiger partial charge in [0.15, 0.2) is 0 Å². The Kier molecular flexibility index (Phi) is 3.07. The molecule has 2 rings (SSSR count). The first-order valence-electron chi connectivity index (χ1n) is 6.07. The second-order valence-electron chi connectivity index (χ2n) is 5.60. The lowest BCUT2D eigenvalue weighted by Gasteiger charge is -2.32. The van der Waals surface area contributed by atoms with Crippen molar-refractivity contribution in [3.8, 4) is 0 Å². The molecule has 0 atom stereocenters. The highest BCUT2D eigenvalue weighted by atomic mass is 16.7. The molecule has 4 nitrogen and oxygen atoms in total. The van der Waals surface area contributed by atoms with Gasteiger partial charge < -0.3 is 9.31 Å². The number of aryl methyl sites for hydroxylation is 1. The van der Waals surface area contributed by atoms with E-state index in [1.807, 2.05) is 34.6 Å². The van der Waals surface area contributed by atoms with E-state index in [1.165, 1.54) is 0 Å². The summed E-state index contributed by atoms with van der Waals surface area (Å²) in [4.78, 5) is 8.51. The third-order valence-corrected chi connectivity index (χ3v) is 3.72. The van der Waals surface area contributed by atoms with Crippen LogP contribution in [0.2, 0.25) is 0 Å². The minimum Gasteiger partial charge on any atom is -0.399 e. The van der Waals surface area contributed by atoms with Crippen molar-refractivity contribution in [3.05, 3.63) is 30.4 Å². The number of nitrogens with zero attached hydrogens (tertiary/aromatic N) is 2. The first-order valence-corrected chi connectivity index (χ1v) is 6.07. The molecule has 1 aromatic rings. The summed E-state index contributed by atoms with van der Waals surface area (Å²) in [6, 6.07) is 0. The number of aromatic nitrogens is 2. The van der Waals surface area contributed by atoms with E-state index in [4.69, 9.17) is 9.31 Å². The maximum Gasteiger partial charge on any atom is 0.496 e. The largest absolute Gasteiger partial charge is 0.496 e. The van der Waals surface area contributed by atoms with E-state index in [2.05, 4.69) is 16.5 Å². The van der Waals surface area contributed by atoms with Gasteiger partial charge >= 0.3 is 7.12 Å². The van der Waals surface area contributed by atoms with Gasteiger partial charge in [0.2, 0.25) is 0 Å². The van der Waals surface area contributed by atoms with Gasteiger partial charge in [-0.05, 0) is 34.6 Å². The molecule has 1 fully saturated rings. The minimum absolute atomic E-state index is 0.364. The highest BCUT2D eigenvalue weighted by molar-refractivity contribution is 6.68. The van der Waals surface area contributed by atoms with Crippen molar-refractivity contribution >= 4 is 12.6 Å². The standard InChI is InChI=1S/C13H19BN2O2/c1-9(11-10(2)15-7-8-16-11)14-17-12(3,4)13(5,6)18-14/h7-8H,1H2,2-6H3. The zero-order valence-electron chi connectivity index (χ0n) is 11.7. The van der Waals surface area contributed by atoms with E-state index in [9.17, 15) is 0 Å². The quantitative estimate of drug-likeness (QED) is 0.751. The highest BCUT2D eigenvalue weighted by Gasteiger charge is 2.52. The van der Waals surface area contributed by atoms with E-state index in [-0.39, 0.29) is 11.2 Å². The zero-order valence-corrected chi connectivity index (χ0v) is 11.7. The van der Waals surface area contributed by atoms with E-state index in [1.54, 1.807) is 12.4 Å². The van der Waals surface area contributed by atoms with Crippen molar-refractivity contribution in [1.29, 1.82) is 0 Å². The van der Waals surface area contributed by atoms with Crippen molar-refractivity contribution in [2.45, 2.75) is 45.8 Å². The maximum absolute atomic E-state index is 5.95. The Labute approximate surface area is 109 Å². The molecule has 96 valence electrons. The van der Waals surface area contributed by atoms with Crippen LogP contribution < -0.4 is 0 Å². The first kappa shape index (κ1) is 13.2. The molecule has 0 radical (unpaired) electrons. The summed E-state index contributed by atoms with van der Waals surface area (Å²) in [6.07, 6.45) is 3.31. The molecule has 0 aromatic carbocycles. The monoisotopic (exact) mass is 246 g/mol. The third kappa shape index (κ3) is 2.08. The van der Waals surface area contributed by atoms with Crippen LogP contribution in [0.15, 0.2) is 19.0 Å². The second-order valence-corrected chi connectivity index (χ2v) is 5.60. The van der Waals surface area contributed by atoms with Crippen LogP contribution in [0.4, 0.5) is 0 Å². The van der Waals surface area contributed by atoms with E-state index in [0.29, 0.717) is 0 Å². The average Bonchev–Trinajstić information content (AvgIpc) is 2.48. The Bertz CT molecular complexity index is 470. The molecule has 1 aliphatic rings. The first-order chi connectivity index (χ1) is 8.24. The molecule has 0 bridgehead atoms. The fraction of sp³-hybridized carbons (Fsp3) is 0.538. The lowest BCUT2D eigenvalue weighted by Crippen LogP contribution is -2.41. The second kappa shape index (κ2) is 4.18. The lowest BCUT2D eigenvalue weighted by molar-refractivity contribution is 0.00578. The minimum atomic E-state index is -0.467. The van der Waals surface area contributed by atoms with Crippen LogP contribution >= 0.6 is 0 Å². The van der Waals surface area contributed by atoms with Gasteiger partial charge in [0.05, 0.1) is 22.6 Å². The molecular weight excluding hydrogens is 227 g/mol. The van der Waals surface area contributed by atoms with Crippen LogP contribution in [0, 0.1) is 6.92 Å². The van der Waals surface area contributed by atoms with Crippen LogP contribution in [-0.2, 0) is 9.31 Å². The van der Waals surface area contributed by atoms with E-state index < -0.39 is 7.12 Å². The van der Waals surface area contributed by atoms with Crippen molar-refractivity contribution in [2.75, 3.05) is 0 Å². The van der Waals surface area contributed by atoms with Gasteiger partial charge in [0, 0.05) is 17.9 Å². The molecule has 0 aliphatic carbocycles. The molecule has 1 aliphatic heterocycles. The molecular formula is C13H19BN2O2.